The summed E-state index contributed by atoms with van der Waals surface area (Å²) in [5.41, 5.74) is 8.92. The molecule has 0 fully saturated rings. The van der Waals surface area contributed by atoms with Gasteiger partial charge in [0.25, 0.3) is 0 Å². The summed E-state index contributed by atoms with van der Waals surface area (Å²) < 4.78 is 0. The van der Waals surface area contributed by atoms with E-state index in [1.807, 2.05) is 31.2 Å². The number of carbonyl (C=O) groups is 2. The zero-order valence-electron chi connectivity index (χ0n) is 19.6. The zero-order valence-corrected chi connectivity index (χ0v) is 19.6. The Kier molecular flexibility index (Phi) is 8.83. The fourth-order valence-corrected chi connectivity index (χ4v) is 3.77. The van der Waals surface area contributed by atoms with Gasteiger partial charge in [-0.25, -0.2) is 0 Å². The summed E-state index contributed by atoms with van der Waals surface area (Å²) in [6.07, 6.45) is 0.0616. The predicted octanol–water partition coefficient (Wildman–Crippen LogP) is 2.31. The average molecular weight is 478 g/mol. The van der Waals surface area contributed by atoms with Gasteiger partial charge in [0.05, 0.1) is 12.5 Å². The molecule has 0 unspecified atom stereocenters. The molecule has 0 aliphatic carbocycles. The molecule has 7 N–H and O–H groups in total. The third kappa shape index (κ3) is 8.13. The summed E-state index contributed by atoms with van der Waals surface area (Å²) in [5.74, 6) is -0.800. The summed E-state index contributed by atoms with van der Waals surface area (Å²) in [5, 5.41) is 35.7. The number of rotatable bonds is 11. The van der Waals surface area contributed by atoms with E-state index in [9.17, 15) is 24.9 Å². The van der Waals surface area contributed by atoms with Crippen LogP contribution in [0.1, 0.15) is 45.6 Å². The third-order valence-electron chi connectivity index (χ3n) is 5.60. The lowest BCUT2D eigenvalue weighted by Crippen LogP contribution is -2.32. The van der Waals surface area contributed by atoms with Crippen molar-refractivity contribution in [3.8, 4) is 11.5 Å². The van der Waals surface area contributed by atoms with E-state index in [2.05, 4.69) is 10.6 Å². The molecule has 2 amide bonds. The van der Waals surface area contributed by atoms with Crippen LogP contribution in [0.15, 0.2) is 66.7 Å². The van der Waals surface area contributed by atoms with Crippen molar-refractivity contribution in [1.29, 1.82) is 0 Å². The Morgan fingerprint density at radius 2 is 1.57 bits per heavy atom. The van der Waals surface area contributed by atoms with Crippen LogP contribution < -0.4 is 16.4 Å². The largest absolute Gasteiger partial charge is 0.508 e. The number of amides is 2. The molecule has 0 radical (unpaired) electrons. The second kappa shape index (κ2) is 12.0. The highest BCUT2D eigenvalue weighted by Gasteiger charge is 2.13. The van der Waals surface area contributed by atoms with E-state index in [0.717, 1.165) is 16.7 Å². The average Bonchev–Trinajstić information content (AvgIpc) is 2.81. The van der Waals surface area contributed by atoms with Crippen molar-refractivity contribution in [1.82, 2.24) is 10.6 Å². The van der Waals surface area contributed by atoms with Gasteiger partial charge in [-0.2, -0.15) is 0 Å². The number of hydrogen-bond donors (Lipinski definition) is 6. The lowest BCUT2D eigenvalue weighted by atomic mass is 10.0. The topological polar surface area (TPSA) is 145 Å². The first kappa shape index (κ1) is 25.7. The molecule has 0 aliphatic rings. The first-order valence-electron chi connectivity index (χ1n) is 11.4. The van der Waals surface area contributed by atoms with E-state index in [1.54, 1.807) is 24.3 Å². The van der Waals surface area contributed by atoms with Gasteiger partial charge >= 0.3 is 0 Å². The molecule has 2 atom stereocenters. The smallest absolute Gasteiger partial charge is 0.248 e. The lowest BCUT2D eigenvalue weighted by molar-refractivity contribution is -0.120. The Morgan fingerprint density at radius 3 is 2.23 bits per heavy atom. The molecule has 3 rings (SSSR count). The number of carbonyl (C=O) groups excluding carboxylic acids is 2. The van der Waals surface area contributed by atoms with Crippen molar-refractivity contribution in [2.24, 2.45) is 5.73 Å². The van der Waals surface area contributed by atoms with Crippen LogP contribution in [-0.4, -0.2) is 39.7 Å². The van der Waals surface area contributed by atoms with Crippen LogP contribution in [0.5, 0.6) is 11.5 Å². The first-order chi connectivity index (χ1) is 16.7. The van der Waals surface area contributed by atoms with Crippen LogP contribution in [-0.2, 0) is 24.2 Å². The molecule has 0 spiro atoms. The molecule has 184 valence electrons. The van der Waals surface area contributed by atoms with E-state index < -0.39 is 12.0 Å². The SMILES string of the molecule is C[C@H](Cc1cccc(CC(=O)NCc2ccc(C(N)=O)cc2)c1)NC[C@H](O)c1cc(O)cc(O)c1. The van der Waals surface area contributed by atoms with Crippen molar-refractivity contribution >= 4 is 11.8 Å². The van der Waals surface area contributed by atoms with Crippen LogP contribution in [0, 0.1) is 0 Å². The Bertz CT molecular complexity index is 1140. The van der Waals surface area contributed by atoms with Gasteiger partial charge in [-0.05, 0) is 59.9 Å². The Morgan fingerprint density at radius 1 is 0.914 bits per heavy atom. The minimum Gasteiger partial charge on any atom is -0.508 e. The van der Waals surface area contributed by atoms with E-state index in [-0.39, 0.29) is 36.4 Å². The van der Waals surface area contributed by atoms with Gasteiger partial charge in [0.1, 0.15) is 11.5 Å². The fraction of sp³-hybridized carbons (Fsp3) is 0.259. The van der Waals surface area contributed by atoms with Gasteiger partial charge in [-0.3, -0.25) is 9.59 Å². The summed E-state index contributed by atoms with van der Waals surface area (Å²) in [4.78, 5) is 23.5. The van der Waals surface area contributed by atoms with Crippen molar-refractivity contribution in [2.45, 2.75) is 38.5 Å². The van der Waals surface area contributed by atoms with Crippen LogP contribution >= 0.6 is 0 Å². The lowest BCUT2D eigenvalue weighted by Gasteiger charge is -2.18. The molecule has 35 heavy (non-hydrogen) atoms. The fourth-order valence-electron chi connectivity index (χ4n) is 3.77. The maximum absolute atomic E-state index is 12.4. The van der Waals surface area contributed by atoms with Gasteiger partial charge < -0.3 is 31.7 Å². The molecule has 8 nitrogen and oxygen atoms in total. The monoisotopic (exact) mass is 477 g/mol. The van der Waals surface area contributed by atoms with Crippen molar-refractivity contribution in [3.63, 3.8) is 0 Å². The standard InChI is InChI=1S/C27H31N3O5/c1-17(29-16-25(33)22-12-23(31)14-24(32)13-22)9-19-3-2-4-20(10-19)11-26(34)30-15-18-5-7-21(8-6-18)27(28)35/h2-8,10,12-14,17,25,29,31-33H,9,11,15-16H2,1H3,(H2,28,35)(H,30,34)/t17-,25+/m1/s1. The number of nitrogens with one attached hydrogen (secondary N) is 2. The molecule has 0 heterocycles. The maximum atomic E-state index is 12.4. The van der Waals surface area contributed by atoms with Crippen molar-refractivity contribution < 1.29 is 24.9 Å². The second-order valence-electron chi connectivity index (χ2n) is 8.65. The van der Waals surface area contributed by atoms with E-state index >= 15 is 0 Å². The van der Waals surface area contributed by atoms with Crippen molar-refractivity contribution in [3.05, 3.63) is 94.5 Å². The molecule has 0 aliphatic heterocycles. The van der Waals surface area contributed by atoms with Gasteiger partial charge in [0, 0.05) is 30.8 Å². The molecule has 0 saturated heterocycles. The molecular weight excluding hydrogens is 446 g/mol. The van der Waals surface area contributed by atoms with E-state index in [4.69, 9.17) is 5.73 Å². The van der Waals surface area contributed by atoms with Gasteiger partial charge in [0.2, 0.25) is 11.8 Å². The van der Waals surface area contributed by atoms with E-state index in [1.165, 1.54) is 18.2 Å². The minimum atomic E-state index is -0.877. The number of benzene rings is 3. The first-order valence-corrected chi connectivity index (χ1v) is 11.4. The number of phenolic OH excluding ortho intramolecular Hbond substituents is 2. The summed E-state index contributed by atoms with van der Waals surface area (Å²) >= 11 is 0. The summed E-state index contributed by atoms with van der Waals surface area (Å²) in [6, 6.07) is 18.7. The second-order valence-corrected chi connectivity index (χ2v) is 8.65. The highest BCUT2D eigenvalue weighted by Crippen LogP contribution is 2.24. The number of aliphatic hydroxyl groups is 1. The zero-order chi connectivity index (χ0) is 25.4. The maximum Gasteiger partial charge on any atom is 0.248 e. The number of aromatic hydroxyl groups is 2. The van der Waals surface area contributed by atoms with Crippen LogP contribution in [0.25, 0.3) is 0 Å². The minimum absolute atomic E-state index is 0.0445. The Labute approximate surface area is 204 Å². The number of hydrogen-bond acceptors (Lipinski definition) is 6. The number of phenols is 2. The predicted molar refractivity (Wildman–Crippen MR) is 133 cm³/mol. The number of aliphatic hydroxyl groups excluding tert-OH is 1. The van der Waals surface area contributed by atoms with Gasteiger partial charge in [-0.15, -0.1) is 0 Å². The summed E-state index contributed by atoms with van der Waals surface area (Å²) in [7, 11) is 0. The number of nitrogens with two attached hydrogens (primary N) is 1. The molecule has 0 saturated carbocycles. The molecular formula is C27H31N3O5. The third-order valence-corrected chi connectivity index (χ3v) is 5.60. The highest BCUT2D eigenvalue weighted by atomic mass is 16.3. The molecule has 0 bridgehead atoms. The molecule has 3 aromatic carbocycles. The van der Waals surface area contributed by atoms with Crippen LogP contribution in [0.2, 0.25) is 0 Å². The van der Waals surface area contributed by atoms with Gasteiger partial charge in [0.15, 0.2) is 0 Å². The molecule has 8 heteroatoms. The molecule has 0 aromatic heterocycles. The summed E-state index contributed by atoms with van der Waals surface area (Å²) in [6.45, 7) is 2.61. The van der Waals surface area contributed by atoms with E-state index in [0.29, 0.717) is 24.1 Å². The highest BCUT2D eigenvalue weighted by molar-refractivity contribution is 5.92. The number of primary amides is 1. The molecule has 3 aromatic rings. The Hall–Kier alpha value is -3.88. The van der Waals surface area contributed by atoms with Crippen molar-refractivity contribution in [2.75, 3.05) is 6.54 Å². The van der Waals surface area contributed by atoms with Crippen LogP contribution in [0.3, 0.4) is 0 Å². The normalized spacial score (nSPS) is 12.6. The quantitative estimate of drug-likeness (QED) is 0.250. The Balaban J connectivity index is 1.47. The van der Waals surface area contributed by atoms with Crippen LogP contribution in [0.4, 0.5) is 0 Å². The van der Waals surface area contributed by atoms with Gasteiger partial charge in [-0.1, -0.05) is 36.4 Å².